The lowest BCUT2D eigenvalue weighted by Crippen LogP contribution is -2.45. The van der Waals surface area contributed by atoms with Crippen molar-refractivity contribution in [3.05, 3.63) is 83.9 Å². The van der Waals surface area contributed by atoms with Crippen molar-refractivity contribution in [2.24, 2.45) is 0 Å². The molecule has 3 aromatic carbocycles. The van der Waals surface area contributed by atoms with E-state index in [2.05, 4.69) is 30.4 Å². The number of ether oxygens (including phenoxy) is 2. The van der Waals surface area contributed by atoms with Crippen molar-refractivity contribution in [3.63, 3.8) is 0 Å². The second kappa shape index (κ2) is 9.13. The maximum atomic E-state index is 13.4. The van der Waals surface area contributed by atoms with Crippen LogP contribution in [0.3, 0.4) is 0 Å². The minimum absolute atomic E-state index is 0.0729. The summed E-state index contributed by atoms with van der Waals surface area (Å²) >= 11 is 0. The largest absolute Gasteiger partial charge is 0.493 e. The second-order valence-electron chi connectivity index (χ2n) is 7.84. The van der Waals surface area contributed by atoms with Gasteiger partial charge in [-0.2, -0.15) is 0 Å². The average Bonchev–Trinajstić information content (AvgIpc) is 2.79. The zero-order valence-electron chi connectivity index (χ0n) is 18.2. The number of benzene rings is 3. The molecular weight excluding hydrogens is 388 g/mol. The standard InChI is InChI=1S/C26H28N2O3/c1-18-15-22(27-20-9-5-4-6-10-20)21-11-7-8-12-23(21)28(18)26(29)17-19-13-14-24(30-2)25(16-19)31-3/h4-14,16,18,22,27H,15,17H2,1-3H3. The van der Waals surface area contributed by atoms with Gasteiger partial charge in [-0.05, 0) is 54.8 Å². The Hall–Kier alpha value is -3.47. The summed E-state index contributed by atoms with van der Waals surface area (Å²) in [4.78, 5) is 15.3. The molecule has 5 heteroatoms. The van der Waals surface area contributed by atoms with Crippen LogP contribution in [0.2, 0.25) is 0 Å². The van der Waals surface area contributed by atoms with Gasteiger partial charge in [-0.1, -0.05) is 42.5 Å². The first-order valence-corrected chi connectivity index (χ1v) is 10.5. The van der Waals surface area contributed by atoms with E-state index in [0.29, 0.717) is 17.9 Å². The minimum atomic E-state index is 0.0729. The van der Waals surface area contributed by atoms with Gasteiger partial charge in [0.05, 0.1) is 26.7 Å². The molecule has 0 bridgehead atoms. The fraction of sp³-hybridized carbons (Fsp3) is 0.269. The molecule has 0 radical (unpaired) electrons. The van der Waals surface area contributed by atoms with Crippen molar-refractivity contribution in [3.8, 4) is 11.5 Å². The predicted octanol–water partition coefficient (Wildman–Crippen LogP) is 5.22. The minimum Gasteiger partial charge on any atom is -0.493 e. The number of carbonyl (C=O) groups excluding carboxylic acids is 1. The fourth-order valence-corrected chi connectivity index (χ4v) is 4.32. The number of hydrogen-bond donors (Lipinski definition) is 1. The molecule has 0 aliphatic carbocycles. The zero-order chi connectivity index (χ0) is 21.8. The quantitative estimate of drug-likeness (QED) is 0.598. The van der Waals surface area contributed by atoms with Crippen molar-refractivity contribution < 1.29 is 14.3 Å². The number of carbonyl (C=O) groups is 1. The third-order valence-corrected chi connectivity index (χ3v) is 5.78. The molecule has 0 fully saturated rings. The van der Waals surface area contributed by atoms with Crippen LogP contribution in [0.25, 0.3) is 0 Å². The lowest BCUT2D eigenvalue weighted by molar-refractivity contribution is -0.118. The van der Waals surface area contributed by atoms with Crippen LogP contribution in [0.4, 0.5) is 11.4 Å². The van der Waals surface area contributed by atoms with Gasteiger partial charge in [0.2, 0.25) is 5.91 Å². The molecule has 0 saturated carbocycles. The third kappa shape index (κ3) is 4.36. The summed E-state index contributed by atoms with van der Waals surface area (Å²) < 4.78 is 10.7. The van der Waals surface area contributed by atoms with Gasteiger partial charge in [0.1, 0.15) is 0 Å². The number of amides is 1. The van der Waals surface area contributed by atoms with Gasteiger partial charge >= 0.3 is 0 Å². The van der Waals surface area contributed by atoms with E-state index in [4.69, 9.17) is 9.47 Å². The van der Waals surface area contributed by atoms with Gasteiger partial charge in [-0.25, -0.2) is 0 Å². The molecule has 4 rings (SSSR count). The summed E-state index contributed by atoms with van der Waals surface area (Å²) in [6.07, 6.45) is 1.14. The lowest BCUT2D eigenvalue weighted by Gasteiger charge is -2.40. The van der Waals surface area contributed by atoms with E-state index in [0.717, 1.165) is 28.9 Å². The van der Waals surface area contributed by atoms with Crippen LogP contribution < -0.4 is 19.7 Å². The Labute approximate surface area is 183 Å². The summed E-state index contributed by atoms with van der Waals surface area (Å²) in [5.41, 5.74) is 4.10. The molecule has 0 aromatic heterocycles. The summed E-state index contributed by atoms with van der Waals surface area (Å²) in [6, 6.07) is 24.2. The number of rotatable bonds is 6. The molecule has 2 atom stereocenters. The first kappa shape index (κ1) is 20.8. The molecule has 1 aliphatic rings. The summed E-state index contributed by atoms with van der Waals surface area (Å²) in [7, 11) is 3.21. The Balaban J connectivity index is 1.59. The first-order chi connectivity index (χ1) is 15.1. The van der Waals surface area contributed by atoms with E-state index in [1.165, 1.54) is 0 Å². The summed E-state index contributed by atoms with van der Waals surface area (Å²) in [6.45, 7) is 2.11. The number of anilines is 2. The topological polar surface area (TPSA) is 50.8 Å². The van der Waals surface area contributed by atoms with E-state index in [9.17, 15) is 4.79 Å². The molecule has 1 N–H and O–H groups in total. The van der Waals surface area contributed by atoms with Gasteiger partial charge in [0.15, 0.2) is 11.5 Å². The number of fused-ring (bicyclic) bond motifs is 1. The Morgan fingerprint density at radius 1 is 0.968 bits per heavy atom. The summed E-state index contributed by atoms with van der Waals surface area (Å²) in [5.74, 6) is 1.36. The number of nitrogens with one attached hydrogen (secondary N) is 1. The lowest BCUT2D eigenvalue weighted by atomic mass is 9.91. The van der Waals surface area contributed by atoms with Gasteiger partial charge in [-0.15, -0.1) is 0 Å². The van der Waals surface area contributed by atoms with Crippen LogP contribution in [0.5, 0.6) is 11.5 Å². The normalized spacial score (nSPS) is 17.6. The second-order valence-corrected chi connectivity index (χ2v) is 7.84. The number of hydrogen-bond acceptors (Lipinski definition) is 4. The Morgan fingerprint density at radius 2 is 1.68 bits per heavy atom. The zero-order valence-corrected chi connectivity index (χ0v) is 18.2. The molecule has 0 saturated heterocycles. The molecule has 2 unspecified atom stereocenters. The SMILES string of the molecule is COc1ccc(CC(=O)N2c3ccccc3C(Nc3ccccc3)CC2C)cc1OC. The Bertz CT molecular complexity index is 1050. The van der Waals surface area contributed by atoms with Gasteiger partial charge in [0, 0.05) is 17.4 Å². The van der Waals surface area contributed by atoms with Gasteiger partial charge in [0.25, 0.3) is 0 Å². The van der Waals surface area contributed by atoms with Crippen LogP contribution in [0.15, 0.2) is 72.8 Å². The molecule has 5 nitrogen and oxygen atoms in total. The van der Waals surface area contributed by atoms with Crippen LogP contribution in [0.1, 0.15) is 30.5 Å². The average molecular weight is 417 g/mol. The summed E-state index contributed by atoms with van der Waals surface area (Å²) in [5, 5.41) is 3.64. The smallest absolute Gasteiger partial charge is 0.231 e. The van der Waals surface area contributed by atoms with Crippen molar-refractivity contribution in [2.75, 3.05) is 24.4 Å². The maximum Gasteiger partial charge on any atom is 0.231 e. The molecule has 1 amide bonds. The van der Waals surface area contributed by atoms with E-state index < -0.39 is 0 Å². The van der Waals surface area contributed by atoms with Crippen molar-refractivity contribution in [2.45, 2.75) is 31.8 Å². The van der Waals surface area contributed by atoms with E-state index in [-0.39, 0.29) is 18.0 Å². The van der Waals surface area contributed by atoms with Crippen LogP contribution >= 0.6 is 0 Å². The van der Waals surface area contributed by atoms with Crippen molar-refractivity contribution in [1.29, 1.82) is 0 Å². The number of methoxy groups -OCH3 is 2. The monoisotopic (exact) mass is 416 g/mol. The molecule has 1 heterocycles. The highest BCUT2D eigenvalue weighted by atomic mass is 16.5. The Morgan fingerprint density at radius 3 is 2.42 bits per heavy atom. The maximum absolute atomic E-state index is 13.4. The molecule has 31 heavy (non-hydrogen) atoms. The molecule has 0 spiro atoms. The van der Waals surface area contributed by atoms with Crippen molar-refractivity contribution in [1.82, 2.24) is 0 Å². The van der Waals surface area contributed by atoms with Gasteiger partial charge < -0.3 is 19.7 Å². The molecule has 3 aromatic rings. The fourth-order valence-electron chi connectivity index (χ4n) is 4.32. The predicted molar refractivity (Wildman–Crippen MR) is 124 cm³/mol. The van der Waals surface area contributed by atoms with Gasteiger partial charge in [-0.3, -0.25) is 4.79 Å². The van der Waals surface area contributed by atoms with E-state index in [1.54, 1.807) is 14.2 Å². The van der Waals surface area contributed by atoms with Crippen LogP contribution in [-0.4, -0.2) is 26.2 Å². The number of nitrogens with zero attached hydrogens (tertiary/aromatic N) is 1. The van der Waals surface area contributed by atoms with E-state index in [1.807, 2.05) is 59.5 Å². The highest BCUT2D eigenvalue weighted by Crippen LogP contribution is 2.39. The third-order valence-electron chi connectivity index (χ3n) is 5.78. The molecule has 160 valence electrons. The molecular formula is C26H28N2O3. The van der Waals surface area contributed by atoms with Crippen LogP contribution in [0, 0.1) is 0 Å². The highest BCUT2D eigenvalue weighted by molar-refractivity contribution is 5.96. The van der Waals surface area contributed by atoms with Crippen molar-refractivity contribution >= 4 is 17.3 Å². The Kier molecular flexibility index (Phi) is 6.12. The highest BCUT2D eigenvalue weighted by Gasteiger charge is 2.33. The first-order valence-electron chi connectivity index (χ1n) is 10.5. The molecule has 1 aliphatic heterocycles. The van der Waals surface area contributed by atoms with Crippen LogP contribution in [-0.2, 0) is 11.2 Å². The van der Waals surface area contributed by atoms with E-state index >= 15 is 0 Å². The number of para-hydroxylation sites is 2.